The van der Waals surface area contributed by atoms with Gasteiger partial charge in [0.2, 0.25) is 0 Å². The molecule has 0 aliphatic heterocycles. The molecule has 302 valence electrons. The van der Waals surface area contributed by atoms with Gasteiger partial charge in [-0.1, -0.05) is 161 Å². The summed E-state index contributed by atoms with van der Waals surface area (Å²) in [4.78, 5) is 36.9. The largest absolute Gasteiger partial charge is 0.462 e. The number of esters is 2. The van der Waals surface area contributed by atoms with E-state index >= 15 is 0 Å². The third kappa shape index (κ3) is 25.9. The zero-order valence-electron chi connectivity index (χ0n) is 33.5. The summed E-state index contributed by atoms with van der Waals surface area (Å²) in [5.74, 6) is -0.527. The lowest BCUT2D eigenvalue weighted by Gasteiger charge is -2.16. The van der Waals surface area contributed by atoms with Gasteiger partial charge in [-0.15, -0.1) is 0 Å². The topological polar surface area (TPSA) is 130 Å². The Morgan fingerprint density at radius 2 is 1.33 bits per heavy atom. The number of ketones is 1. The maximum Gasteiger partial charge on any atom is 0.306 e. The molecule has 8 nitrogen and oxygen atoms in total. The highest BCUT2D eigenvalue weighted by Crippen LogP contribution is 2.33. The van der Waals surface area contributed by atoms with Crippen molar-refractivity contribution in [2.45, 2.75) is 206 Å². The molecule has 0 spiro atoms. The molecule has 0 radical (unpaired) electrons. The van der Waals surface area contributed by atoms with Gasteiger partial charge in [0.15, 0.2) is 6.10 Å². The number of unbranched alkanes of at least 4 members (excludes halogenated alkanes) is 17. The molecule has 0 aromatic heterocycles. The van der Waals surface area contributed by atoms with Crippen molar-refractivity contribution < 1.29 is 39.2 Å². The van der Waals surface area contributed by atoms with E-state index in [1.54, 1.807) is 12.2 Å². The minimum absolute atomic E-state index is 0.0325. The van der Waals surface area contributed by atoms with Crippen molar-refractivity contribution in [1.82, 2.24) is 0 Å². The standard InChI is InChI=1S/C44H78O8/c1-4-5-21-27-37(46)31-32-40-39(41(47)33-42(40)48)28-23-19-20-24-29-43(49)51-35-38(34-45)52-44(50)30-25-18-16-14-12-10-8-6-7-9-11-13-15-17-22-26-36(2)3/h19,23,31-32,36-40,42,45-46,48H,4-18,20-22,24-30,33-35H2,1-3H3/b23-19-,32-31+/t37-,38-,39+,40+,42+/m0/s1. The van der Waals surface area contributed by atoms with Crippen LogP contribution in [0.1, 0.15) is 188 Å². The number of carbonyl (C=O) groups is 3. The van der Waals surface area contributed by atoms with Crippen LogP contribution in [0, 0.1) is 17.8 Å². The van der Waals surface area contributed by atoms with Gasteiger partial charge in [0.05, 0.1) is 18.8 Å². The van der Waals surface area contributed by atoms with Gasteiger partial charge >= 0.3 is 11.9 Å². The van der Waals surface area contributed by atoms with E-state index in [0.29, 0.717) is 32.1 Å². The zero-order chi connectivity index (χ0) is 38.2. The van der Waals surface area contributed by atoms with Crippen molar-refractivity contribution in [3.8, 4) is 0 Å². The van der Waals surface area contributed by atoms with Crippen molar-refractivity contribution in [2.75, 3.05) is 13.2 Å². The maximum absolute atomic E-state index is 12.5. The van der Waals surface area contributed by atoms with Gasteiger partial charge in [-0.05, 0) is 38.0 Å². The van der Waals surface area contributed by atoms with Crippen molar-refractivity contribution >= 4 is 17.7 Å². The van der Waals surface area contributed by atoms with Crippen LogP contribution < -0.4 is 0 Å². The molecule has 3 N–H and O–H groups in total. The van der Waals surface area contributed by atoms with Crippen LogP contribution in [-0.2, 0) is 23.9 Å². The van der Waals surface area contributed by atoms with Gasteiger partial charge in [-0.25, -0.2) is 0 Å². The molecule has 0 aromatic rings. The first-order valence-electron chi connectivity index (χ1n) is 21.4. The Morgan fingerprint density at radius 1 is 0.769 bits per heavy atom. The van der Waals surface area contributed by atoms with Crippen molar-refractivity contribution in [3.05, 3.63) is 24.3 Å². The number of Topliss-reactive ketones (excluding diaryl/α,β-unsaturated/α-hetero) is 1. The Hall–Kier alpha value is -2.03. The van der Waals surface area contributed by atoms with Crippen LogP contribution in [0.15, 0.2) is 24.3 Å². The normalized spacial score (nSPS) is 18.9. The molecule has 1 aliphatic rings. The fraction of sp³-hybridized carbons (Fsp3) is 0.841. The van der Waals surface area contributed by atoms with Crippen LogP contribution >= 0.6 is 0 Å². The van der Waals surface area contributed by atoms with E-state index in [4.69, 9.17) is 9.47 Å². The second-order valence-corrected chi connectivity index (χ2v) is 15.7. The molecule has 8 heteroatoms. The lowest BCUT2D eigenvalue weighted by molar-refractivity contribution is -0.161. The smallest absolute Gasteiger partial charge is 0.306 e. The Kier molecular flexibility index (Phi) is 29.9. The van der Waals surface area contributed by atoms with E-state index in [0.717, 1.165) is 44.4 Å². The summed E-state index contributed by atoms with van der Waals surface area (Å²) >= 11 is 0. The minimum atomic E-state index is -0.857. The number of aliphatic hydroxyl groups is 3. The minimum Gasteiger partial charge on any atom is -0.462 e. The SMILES string of the molecule is CCCCC[C@H](O)/C=C/[C@H]1[C@H](O)CC(=O)[C@@H]1C/C=C\CCCC(=O)OC[C@H](CO)OC(=O)CCCCCCCCCCCCCCCCCC(C)C. The van der Waals surface area contributed by atoms with E-state index in [2.05, 4.69) is 20.8 Å². The quantitative estimate of drug-likeness (QED) is 0.0338. The molecule has 1 saturated carbocycles. The molecule has 0 bridgehead atoms. The molecule has 5 atom stereocenters. The Bertz CT molecular complexity index is 960. The number of aliphatic hydroxyl groups excluding tert-OH is 3. The maximum atomic E-state index is 12.5. The highest BCUT2D eigenvalue weighted by Gasteiger charge is 2.39. The molecule has 1 fully saturated rings. The first-order valence-corrected chi connectivity index (χ1v) is 21.4. The van der Waals surface area contributed by atoms with Crippen LogP contribution in [-0.4, -0.2) is 64.6 Å². The second kappa shape index (κ2) is 32.4. The molecular formula is C44H78O8. The van der Waals surface area contributed by atoms with Gasteiger partial charge in [0.25, 0.3) is 0 Å². The summed E-state index contributed by atoms with van der Waals surface area (Å²) in [6.45, 7) is 6.17. The van der Waals surface area contributed by atoms with E-state index in [-0.39, 0.29) is 43.0 Å². The third-order valence-corrected chi connectivity index (χ3v) is 10.3. The molecule has 0 saturated heterocycles. The monoisotopic (exact) mass is 735 g/mol. The first kappa shape index (κ1) is 48.0. The van der Waals surface area contributed by atoms with E-state index in [1.165, 1.54) is 83.5 Å². The van der Waals surface area contributed by atoms with Gasteiger partial charge in [0.1, 0.15) is 12.4 Å². The average Bonchev–Trinajstić information content (AvgIpc) is 3.39. The number of carbonyl (C=O) groups excluding carboxylic acids is 3. The molecule has 52 heavy (non-hydrogen) atoms. The Labute approximate surface area is 317 Å². The Morgan fingerprint density at radius 3 is 1.90 bits per heavy atom. The Balaban J connectivity index is 2.06. The van der Waals surface area contributed by atoms with E-state index < -0.39 is 30.9 Å². The van der Waals surface area contributed by atoms with Crippen molar-refractivity contribution in [3.63, 3.8) is 0 Å². The van der Waals surface area contributed by atoms with Crippen molar-refractivity contribution in [2.24, 2.45) is 17.8 Å². The summed E-state index contributed by atoms with van der Waals surface area (Å²) in [5.41, 5.74) is 0. The molecule has 0 aromatic carbocycles. The lowest BCUT2D eigenvalue weighted by Crippen LogP contribution is -2.28. The van der Waals surface area contributed by atoms with Crippen LogP contribution in [0.4, 0.5) is 0 Å². The second-order valence-electron chi connectivity index (χ2n) is 15.7. The fourth-order valence-corrected chi connectivity index (χ4v) is 6.96. The van der Waals surface area contributed by atoms with Crippen LogP contribution in [0.25, 0.3) is 0 Å². The summed E-state index contributed by atoms with van der Waals surface area (Å²) < 4.78 is 10.6. The fourth-order valence-electron chi connectivity index (χ4n) is 6.96. The molecular weight excluding hydrogens is 656 g/mol. The summed E-state index contributed by atoms with van der Waals surface area (Å²) in [6.07, 6.45) is 31.7. The van der Waals surface area contributed by atoms with Crippen LogP contribution in [0.3, 0.4) is 0 Å². The summed E-state index contributed by atoms with van der Waals surface area (Å²) in [5, 5.41) is 30.2. The summed E-state index contributed by atoms with van der Waals surface area (Å²) in [7, 11) is 0. The van der Waals surface area contributed by atoms with Crippen LogP contribution in [0.2, 0.25) is 0 Å². The van der Waals surface area contributed by atoms with Gasteiger partial charge in [-0.2, -0.15) is 0 Å². The molecule has 0 heterocycles. The highest BCUT2D eigenvalue weighted by atomic mass is 16.6. The predicted molar refractivity (Wildman–Crippen MR) is 211 cm³/mol. The third-order valence-electron chi connectivity index (χ3n) is 10.3. The predicted octanol–water partition coefficient (Wildman–Crippen LogP) is 9.90. The van der Waals surface area contributed by atoms with Crippen molar-refractivity contribution in [1.29, 1.82) is 0 Å². The van der Waals surface area contributed by atoms with Gasteiger partial charge < -0.3 is 24.8 Å². The number of ether oxygens (including phenoxy) is 2. The molecule has 1 aliphatic carbocycles. The van der Waals surface area contributed by atoms with E-state index in [9.17, 15) is 29.7 Å². The molecule has 0 amide bonds. The number of hydrogen-bond acceptors (Lipinski definition) is 8. The average molecular weight is 735 g/mol. The molecule has 1 rings (SSSR count). The lowest BCUT2D eigenvalue weighted by atomic mass is 9.90. The highest BCUT2D eigenvalue weighted by molar-refractivity contribution is 5.84. The van der Waals surface area contributed by atoms with Gasteiger partial charge in [-0.3, -0.25) is 14.4 Å². The van der Waals surface area contributed by atoms with E-state index in [1.807, 2.05) is 12.2 Å². The molecule has 0 unspecified atom stereocenters. The number of hydrogen-bond donors (Lipinski definition) is 3. The number of rotatable bonds is 34. The number of allylic oxidation sites excluding steroid dienone is 2. The summed E-state index contributed by atoms with van der Waals surface area (Å²) in [6, 6.07) is 0. The zero-order valence-corrected chi connectivity index (χ0v) is 33.5. The first-order chi connectivity index (χ1) is 25.2. The van der Waals surface area contributed by atoms with Crippen LogP contribution in [0.5, 0.6) is 0 Å². The van der Waals surface area contributed by atoms with Gasteiger partial charge in [0, 0.05) is 31.1 Å².